The molecule has 1 aromatic heterocycles. The molecule has 0 radical (unpaired) electrons. The molecule has 2 aromatic rings. The van der Waals surface area contributed by atoms with Crippen molar-refractivity contribution in [1.29, 1.82) is 0 Å². The summed E-state index contributed by atoms with van der Waals surface area (Å²) in [6, 6.07) is 8.70. The molecule has 3 rings (SSSR count). The number of piperidine rings is 1. The second kappa shape index (κ2) is 7.97. The van der Waals surface area contributed by atoms with Gasteiger partial charge in [0, 0.05) is 13.1 Å². The minimum Gasteiger partial charge on any atom is -0.299 e. The summed E-state index contributed by atoms with van der Waals surface area (Å²) in [4.78, 5) is 2.59. The van der Waals surface area contributed by atoms with E-state index in [9.17, 15) is 8.42 Å². The van der Waals surface area contributed by atoms with E-state index in [1.54, 1.807) is 29.5 Å². The third-order valence-electron chi connectivity index (χ3n) is 4.38. The van der Waals surface area contributed by atoms with E-state index in [0.29, 0.717) is 12.5 Å². The van der Waals surface area contributed by atoms with Crippen LogP contribution in [0.3, 0.4) is 0 Å². The van der Waals surface area contributed by atoms with E-state index >= 15 is 0 Å². The fourth-order valence-corrected chi connectivity index (χ4v) is 5.25. The highest BCUT2D eigenvalue weighted by Gasteiger charge is 2.23. The number of sulfonamides is 1. The van der Waals surface area contributed by atoms with Gasteiger partial charge in [-0.2, -0.15) is 11.3 Å². The Balaban J connectivity index is 1.49. The summed E-state index contributed by atoms with van der Waals surface area (Å²) < 4.78 is 27.5. The molecule has 4 nitrogen and oxygen atoms in total. The zero-order valence-corrected chi connectivity index (χ0v) is 15.7. The lowest BCUT2D eigenvalue weighted by molar-refractivity contribution is 0.179. The number of benzene rings is 1. The lowest BCUT2D eigenvalue weighted by Gasteiger charge is -2.31. The molecule has 2 heterocycles. The molecule has 0 spiro atoms. The summed E-state index contributed by atoms with van der Waals surface area (Å²) >= 11 is 7.72. The highest BCUT2D eigenvalue weighted by Crippen LogP contribution is 2.22. The third kappa shape index (κ3) is 4.58. The van der Waals surface area contributed by atoms with Gasteiger partial charge in [-0.3, -0.25) is 4.90 Å². The standard InChI is InChI=1S/C17H21ClN2O2S2/c18-16-3-1-2-4-17(16)24(21,22)19-11-14-5-8-20(9-6-14)12-15-7-10-23-13-15/h1-4,7,10,13-14,19H,5-6,8-9,11-12H2. The molecule has 0 unspecified atom stereocenters. The highest BCUT2D eigenvalue weighted by atomic mass is 35.5. The maximum atomic E-state index is 12.4. The molecule has 24 heavy (non-hydrogen) atoms. The summed E-state index contributed by atoms with van der Waals surface area (Å²) in [6.07, 6.45) is 2.02. The normalized spacial score (nSPS) is 17.2. The van der Waals surface area contributed by atoms with Gasteiger partial charge >= 0.3 is 0 Å². The molecule has 1 aliphatic rings. The molecule has 1 fully saturated rings. The average Bonchev–Trinajstić information content (AvgIpc) is 3.07. The van der Waals surface area contributed by atoms with Crippen molar-refractivity contribution in [3.8, 4) is 0 Å². The van der Waals surface area contributed by atoms with Crippen LogP contribution in [0.2, 0.25) is 5.02 Å². The minimum atomic E-state index is -3.54. The van der Waals surface area contributed by atoms with Crippen molar-refractivity contribution >= 4 is 33.0 Å². The Morgan fingerprint density at radius 2 is 1.96 bits per heavy atom. The smallest absolute Gasteiger partial charge is 0.242 e. The van der Waals surface area contributed by atoms with Crippen LogP contribution in [0, 0.1) is 5.92 Å². The van der Waals surface area contributed by atoms with Crippen LogP contribution in [0.5, 0.6) is 0 Å². The maximum Gasteiger partial charge on any atom is 0.242 e. The first-order valence-corrected chi connectivity index (χ1v) is 10.8. The third-order valence-corrected chi connectivity index (χ3v) is 7.04. The fraction of sp³-hybridized carbons (Fsp3) is 0.412. The topological polar surface area (TPSA) is 49.4 Å². The summed E-state index contributed by atoms with van der Waals surface area (Å²) in [5.74, 6) is 0.376. The predicted molar refractivity (Wildman–Crippen MR) is 99.0 cm³/mol. The molecule has 1 aliphatic heterocycles. The van der Waals surface area contributed by atoms with E-state index < -0.39 is 10.0 Å². The van der Waals surface area contributed by atoms with Gasteiger partial charge in [0.05, 0.1) is 5.02 Å². The number of thiophene rings is 1. The number of nitrogens with one attached hydrogen (secondary N) is 1. The first kappa shape index (κ1) is 17.9. The van der Waals surface area contributed by atoms with Crippen molar-refractivity contribution in [1.82, 2.24) is 9.62 Å². The van der Waals surface area contributed by atoms with Gasteiger partial charge in [0.25, 0.3) is 0 Å². The van der Waals surface area contributed by atoms with E-state index in [-0.39, 0.29) is 9.92 Å². The minimum absolute atomic E-state index is 0.154. The van der Waals surface area contributed by atoms with Crippen molar-refractivity contribution in [3.63, 3.8) is 0 Å². The number of likely N-dealkylation sites (tertiary alicyclic amines) is 1. The van der Waals surface area contributed by atoms with E-state index in [1.165, 1.54) is 11.6 Å². The van der Waals surface area contributed by atoms with Crippen LogP contribution in [0.25, 0.3) is 0 Å². The summed E-state index contributed by atoms with van der Waals surface area (Å²) in [5.41, 5.74) is 1.36. The largest absolute Gasteiger partial charge is 0.299 e. The van der Waals surface area contributed by atoms with E-state index in [1.807, 2.05) is 0 Å². The van der Waals surface area contributed by atoms with Crippen molar-refractivity contribution in [2.45, 2.75) is 24.3 Å². The van der Waals surface area contributed by atoms with Gasteiger partial charge in [0.15, 0.2) is 0 Å². The van der Waals surface area contributed by atoms with E-state index in [0.717, 1.165) is 32.5 Å². The lowest BCUT2D eigenvalue weighted by atomic mass is 9.97. The van der Waals surface area contributed by atoms with Crippen molar-refractivity contribution in [2.24, 2.45) is 5.92 Å². The van der Waals surface area contributed by atoms with Crippen LogP contribution in [0.1, 0.15) is 18.4 Å². The van der Waals surface area contributed by atoms with Gasteiger partial charge in [-0.25, -0.2) is 13.1 Å². The Morgan fingerprint density at radius 1 is 1.21 bits per heavy atom. The van der Waals surface area contributed by atoms with Crippen LogP contribution >= 0.6 is 22.9 Å². The number of hydrogen-bond acceptors (Lipinski definition) is 4. The molecule has 0 bridgehead atoms. The summed E-state index contributed by atoms with van der Waals surface area (Å²) in [5, 5.41) is 4.55. The Labute approximate surface area is 152 Å². The predicted octanol–water partition coefficient (Wildman–Crippen LogP) is 3.59. The first-order valence-electron chi connectivity index (χ1n) is 8.02. The van der Waals surface area contributed by atoms with Crippen LogP contribution in [0.4, 0.5) is 0 Å². The second-order valence-electron chi connectivity index (χ2n) is 6.13. The van der Waals surface area contributed by atoms with Crippen LogP contribution < -0.4 is 4.72 Å². The second-order valence-corrected chi connectivity index (χ2v) is 9.06. The van der Waals surface area contributed by atoms with Crippen molar-refractivity contribution in [3.05, 3.63) is 51.7 Å². The lowest BCUT2D eigenvalue weighted by Crippen LogP contribution is -2.38. The molecule has 0 aliphatic carbocycles. The van der Waals surface area contributed by atoms with Crippen LogP contribution in [-0.4, -0.2) is 33.0 Å². The van der Waals surface area contributed by atoms with Crippen LogP contribution in [-0.2, 0) is 16.6 Å². The van der Waals surface area contributed by atoms with Gasteiger partial charge in [-0.05, 0) is 66.4 Å². The molecule has 130 valence electrons. The molecule has 1 N–H and O–H groups in total. The number of rotatable bonds is 6. The summed E-state index contributed by atoms with van der Waals surface area (Å²) in [7, 11) is -3.54. The Bertz CT molecular complexity index is 755. The van der Waals surface area contributed by atoms with Gasteiger partial charge in [-0.1, -0.05) is 23.7 Å². The zero-order chi connectivity index (χ0) is 17.0. The fourth-order valence-electron chi connectivity index (χ4n) is 2.96. The summed E-state index contributed by atoms with van der Waals surface area (Å²) in [6.45, 7) is 3.48. The number of hydrogen-bond donors (Lipinski definition) is 1. The van der Waals surface area contributed by atoms with Gasteiger partial charge in [0.1, 0.15) is 4.90 Å². The highest BCUT2D eigenvalue weighted by molar-refractivity contribution is 7.89. The Morgan fingerprint density at radius 3 is 2.62 bits per heavy atom. The molecular formula is C17H21ClN2O2S2. The van der Waals surface area contributed by atoms with Gasteiger partial charge < -0.3 is 0 Å². The average molecular weight is 385 g/mol. The van der Waals surface area contributed by atoms with E-state index in [4.69, 9.17) is 11.6 Å². The SMILES string of the molecule is O=S(=O)(NCC1CCN(Cc2ccsc2)CC1)c1ccccc1Cl. The van der Waals surface area contributed by atoms with Gasteiger partial charge in [-0.15, -0.1) is 0 Å². The zero-order valence-electron chi connectivity index (χ0n) is 13.3. The molecular weight excluding hydrogens is 364 g/mol. The number of halogens is 1. The molecule has 0 saturated carbocycles. The number of nitrogens with zero attached hydrogens (tertiary/aromatic N) is 1. The molecule has 0 amide bonds. The van der Waals surface area contributed by atoms with E-state index in [2.05, 4.69) is 26.4 Å². The molecule has 0 atom stereocenters. The molecule has 7 heteroatoms. The maximum absolute atomic E-state index is 12.4. The van der Waals surface area contributed by atoms with Crippen LogP contribution in [0.15, 0.2) is 46.0 Å². The first-order chi connectivity index (χ1) is 11.5. The quantitative estimate of drug-likeness (QED) is 0.827. The molecule has 1 saturated heterocycles. The van der Waals surface area contributed by atoms with Gasteiger partial charge in [0.2, 0.25) is 10.0 Å². The van der Waals surface area contributed by atoms with Crippen molar-refractivity contribution in [2.75, 3.05) is 19.6 Å². The Kier molecular flexibility index (Phi) is 5.94. The monoisotopic (exact) mass is 384 g/mol. The molecule has 1 aromatic carbocycles. The Hall–Kier alpha value is -0.920. The van der Waals surface area contributed by atoms with Crippen molar-refractivity contribution < 1.29 is 8.42 Å².